The van der Waals surface area contributed by atoms with Crippen LogP contribution in [-0.2, 0) is 11.2 Å². The lowest BCUT2D eigenvalue weighted by Crippen LogP contribution is -3.01. The number of hydroxylamine groups is 1. The third-order valence-corrected chi connectivity index (χ3v) is 2.83. The molecule has 1 aromatic carbocycles. The van der Waals surface area contributed by atoms with E-state index in [1.807, 2.05) is 12.1 Å². The van der Waals surface area contributed by atoms with E-state index in [4.69, 9.17) is 4.74 Å². The number of likely N-dealkylation sites (N-methyl/N-ethyl adjacent to an activating group) is 1. The second kappa shape index (κ2) is 7.40. The predicted octanol–water partition coefficient (Wildman–Crippen LogP) is 0.343. The van der Waals surface area contributed by atoms with Gasteiger partial charge in [-0.2, -0.15) is 5.06 Å². The summed E-state index contributed by atoms with van der Waals surface area (Å²) in [6.07, 6.45) is 1.02. The first-order valence-electron chi connectivity index (χ1n) is 5.93. The zero-order chi connectivity index (χ0) is 12.7. The molecule has 4 heteroatoms. The Morgan fingerprint density at radius 3 is 2.41 bits per heavy atom. The third-order valence-electron chi connectivity index (χ3n) is 2.83. The van der Waals surface area contributed by atoms with Crippen molar-refractivity contribution in [1.82, 2.24) is 4.90 Å². The SMILES string of the molecule is COCCN(C)CCc1ccc([NH+](C)O)cc1. The summed E-state index contributed by atoms with van der Waals surface area (Å²) in [6.45, 7) is 2.75. The first-order valence-corrected chi connectivity index (χ1v) is 5.93. The van der Waals surface area contributed by atoms with Gasteiger partial charge in [-0.15, -0.1) is 0 Å². The first-order chi connectivity index (χ1) is 8.13. The van der Waals surface area contributed by atoms with Gasteiger partial charge in [0.2, 0.25) is 0 Å². The maximum absolute atomic E-state index is 9.32. The average Bonchev–Trinajstić information content (AvgIpc) is 2.34. The summed E-state index contributed by atoms with van der Waals surface area (Å²) in [7, 11) is 5.52. The quantitative estimate of drug-likeness (QED) is 0.674. The predicted molar refractivity (Wildman–Crippen MR) is 67.9 cm³/mol. The molecule has 2 N–H and O–H groups in total. The summed E-state index contributed by atoms with van der Waals surface area (Å²) < 4.78 is 5.03. The lowest BCUT2D eigenvalue weighted by atomic mass is 10.1. The minimum Gasteiger partial charge on any atom is -0.383 e. The zero-order valence-electron chi connectivity index (χ0n) is 10.9. The molecule has 96 valence electrons. The summed E-state index contributed by atoms with van der Waals surface area (Å²) in [4.78, 5) is 2.25. The van der Waals surface area contributed by atoms with Crippen molar-refractivity contribution < 1.29 is 15.0 Å². The summed E-state index contributed by atoms with van der Waals surface area (Å²) in [5.41, 5.74) is 2.18. The Labute approximate surface area is 103 Å². The number of benzene rings is 1. The minimum absolute atomic E-state index is 0.369. The van der Waals surface area contributed by atoms with Crippen LogP contribution in [0.3, 0.4) is 0 Å². The maximum atomic E-state index is 9.32. The second-order valence-electron chi connectivity index (χ2n) is 4.33. The Bertz CT molecular complexity index is 312. The number of ether oxygens (including phenoxy) is 1. The van der Waals surface area contributed by atoms with Crippen molar-refractivity contribution in [3.8, 4) is 0 Å². The monoisotopic (exact) mass is 239 g/mol. The van der Waals surface area contributed by atoms with Gasteiger partial charge in [0.15, 0.2) is 5.69 Å². The molecule has 0 amide bonds. The molecular formula is C13H23N2O2+. The zero-order valence-corrected chi connectivity index (χ0v) is 10.9. The Morgan fingerprint density at radius 2 is 1.88 bits per heavy atom. The molecule has 1 aromatic rings. The second-order valence-corrected chi connectivity index (χ2v) is 4.33. The van der Waals surface area contributed by atoms with Gasteiger partial charge in [0.25, 0.3) is 0 Å². The molecule has 0 bridgehead atoms. The van der Waals surface area contributed by atoms with Gasteiger partial charge in [0.1, 0.15) is 7.05 Å². The Balaban J connectivity index is 2.36. The van der Waals surface area contributed by atoms with Gasteiger partial charge in [-0.3, -0.25) is 0 Å². The third kappa shape index (κ3) is 5.28. The van der Waals surface area contributed by atoms with Crippen LogP contribution in [0.5, 0.6) is 0 Å². The molecule has 0 spiro atoms. The summed E-state index contributed by atoms with van der Waals surface area (Å²) in [5, 5.41) is 9.69. The molecule has 4 nitrogen and oxygen atoms in total. The number of quaternary nitrogens is 1. The molecule has 1 rings (SSSR count). The molecule has 0 aliphatic carbocycles. The van der Waals surface area contributed by atoms with Crippen LogP contribution in [0.15, 0.2) is 24.3 Å². The van der Waals surface area contributed by atoms with Crippen LogP contribution in [0.1, 0.15) is 5.56 Å². The first kappa shape index (κ1) is 14.1. The lowest BCUT2D eigenvalue weighted by Gasteiger charge is -2.15. The largest absolute Gasteiger partial charge is 0.383 e. The van der Waals surface area contributed by atoms with Gasteiger partial charge in [-0.05, 0) is 19.0 Å². The highest BCUT2D eigenvalue weighted by molar-refractivity contribution is 5.32. The number of hydrogen-bond acceptors (Lipinski definition) is 3. The molecule has 0 aliphatic heterocycles. The number of nitrogens with zero attached hydrogens (tertiary/aromatic N) is 1. The summed E-state index contributed by atoms with van der Waals surface area (Å²) in [6, 6.07) is 8.05. The summed E-state index contributed by atoms with van der Waals surface area (Å²) in [5.74, 6) is 0. The van der Waals surface area contributed by atoms with Crippen molar-refractivity contribution in [2.75, 3.05) is 40.9 Å². The lowest BCUT2D eigenvalue weighted by molar-refractivity contribution is -1.02. The number of methoxy groups -OCH3 is 1. The highest BCUT2D eigenvalue weighted by Crippen LogP contribution is 2.06. The highest BCUT2D eigenvalue weighted by atomic mass is 16.5. The van der Waals surface area contributed by atoms with E-state index in [0.29, 0.717) is 5.06 Å². The smallest absolute Gasteiger partial charge is 0.163 e. The van der Waals surface area contributed by atoms with Crippen LogP contribution >= 0.6 is 0 Å². The van der Waals surface area contributed by atoms with Crippen LogP contribution < -0.4 is 5.06 Å². The van der Waals surface area contributed by atoms with Crippen molar-refractivity contribution in [2.45, 2.75) is 6.42 Å². The molecule has 0 fully saturated rings. The summed E-state index contributed by atoms with van der Waals surface area (Å²) >= 11 is 0. The van der Waals surface area contributed by atoms with Crippen molar-refractivity contribution in [3.05, 3.63) is 29.8 Å². The van der Waals surface area contributed by atoms with E-state index < -0.39 is 0 Å². The van der Waals surface area contributed by atoms with Gasteiger partial charge >= 0.3 is 0 Å². The molecule has 0 saturated carbocycles. The van der Waals surface area contributed by atoms with Crippen molar-refractivity contribution in [2.24, 2.45) is 0 Å². The minimum atomic E-state index is 0.369. The fraction of sp³-hybridized carbons (Fsp3) is 0.538. The van der Waals surface area contributed by atoms with E-state index in [9.17, 15) is 5.21 Å². The van der Waals surface area contributed by atoms with Crippen molar-refractivity contribution in [3.63, 3.8) is 0 Å². The van der Waals surface area contributed by atoms with Gasteiger partial charge in [-0.1, -0.05) is 12.1 Å². The molecule has 1 atom stereocenters. The van der Waals surface area contributed by atoms with Crippen LogP contribution in [-0.4, -0.2) is 51.0 Å². The molecule has 0 aliphatic rings. The molecule has 1 unspecified atom stereocenters. The Hall–Kier alpha value is -0.940. The molecule has 0 aromatic heterocycles. The molecule has 0 saturated heterocycles. The van der Waals surface area contributed by atoms with Crippen LogP contribution in [0.25, 0.3) is 0 Å². The van der Waals surface area contributed by atoms with E-state index in [2.05, 4.69) is 24.1 Å². The van der Waals surface area contributed by atoms with E-state index >= 15 is 0 Å². The number of nitrogens with one attached hydrogen (secondary N) is 1. The highest BCUT2D eigenvalue weighted by Gasteiger charge is 2.03. The molecule has 0 radical (unpaired) electrons. The van der Waals surface area contributed by atoms with Crippen LogP contribution in [0.2, 0.25) is 0 Å². The normalized spacial score (nSPS) is 13.0. The van der Waals surface area contributed by atoms with E-state index in [1.165, 1.54) is 5.56 Å². The fourth-order valence-corrected chi connectivity index (χ4v) is 1.59. The van der Waals surface area contributed by atoms with E-state index in [-0.39, 0.29) is 0 Å². The van der Waals surface area contributed by atoms with Gasteiger partial charge < -0.3 is 9.64 Å². The number of rotatable bonds is 7. The molecule has 0 heterocycles. The maximum Gasteiger partial charge on any atom is 0.163 e. The van der Waals surface area contributed by atoms with Crippen LogP contribution in [0, 0.1) is 0 Å². The van der Waals surface area contributed by atoms with E-state index in [1.54, 1.807) is 14.2 Å². The molecule has 17 heavy (non-hydrogen) atoms. The number of hydrogen-bond donors (Lipinski definition) is 2. The van der Waals surface area contributed by atoms with E-state index in [0.717, 1.165) is 31.8 Å². The molecular weight excluding hydrogens is 216 g/mol. The van der Waals surface area contributed by atoms with Crippen molar-refractivity contribution in [1.29, 1.82) is 0 Å². The Morgan fingerprint density at radius 1 is 1.24 bits per heavy atom. The van der Waals surface area contributed by atoms with Gasteiger partial charge in [-0.25, -0.2) is 5.21 Å². The average molecular weight is 239 g/mol. The standard InChI is InChI=1S/C13H22N2O2/c1-14(10-11-17-3)9-8-12-4-6-13(7-5-12)15(2)16/h4-7,16H,8-11H2,1-3H3/p+1. The Kier molecular flexibility index (Phi) is 6.15. The van der Waals surface area contributed by atoms with Crippen molar-refractivity contribution >= 4 is 5.69 Å². The van der Waals surface area contributed by atoms with Gasteiger partial charge in [0, 0.05) is 32.3 Å². The topological polar surface area (TPSA) is 37.1 Å². The fourth-order valence-electron chi connectivity index (χ4n) is 1.59. The van der Waals surface area contributed by atoms with Gasteiger partial charge in [0.05, 0.1) is 6.61 Å². The van der Waals surface area contributed by atoms with Crippen LogP contribution in [0.4, 0.5) is 5.69 Å².